The summed E-state index contributed by atoms with van der Waals surface area (Å²) in [6.07, 6.45) is -19.4. The molecule has 0 saturated heterocycles. The summed E-state index contributed by atoms with van der Waals surface area (Å²) < 4.78 is 5.94. The van der Waals surface area contributed by atoms with E-state index in [4.69, 9.17) is 171 Å². The fourth-order valence-electron chi connectivity index (χ4n) is 9.65. The molecule has 0 amide bonds. The maximum Gasteiger partial charge on any atom is 0.338 e. The molecule has 4 N–H and O–H groups in total. The highest BCUT2D eigenvalue weighted by Crippen LogP contribution is 2.37. The van der Waals surface area contributed by atoms with Crippen LogP contribution in [0.2, 0.25) is 5.82 Å². The molecule has 0 spiro atoms. The molecule has 0 aromatic heterocycles. The highest BCUT2D eigenvalue weighted by atomic mass is 16.5. The number of carbonyl (C=O) groups excluding carboxylic acids is 1. The highest BCUT2D eigenvalue weighted by molar-refractivity contribution is 8.28. The summed E-state index contributed by atoms with van der Waals surface area (Å²) in [5.41, 5.74) is 12.6. The third-order valence-electron chi connectivity index (χ3n) is 11.8. The first-order valence-corrected chi connectivity index (χ1v) is 18.8. The third kappa shape index (κ3) is 13.9. The quantitative estimate of drug-likeness (QED) is 0.0785. The average molecular weight is 655 g/mol. The van der Waals surface area contributed by atoms with Crippen LogP contribution in [0, 0.1) is 0 Å². The van der Waals surface area contributed by atoms with Gasteiger partial charge >= 0.3 is 5.97 Å². The zero-order chi connectivity index (χ0) is 43.1. The zero-order valence-corrected chi connectivity index (χ0v) is 32.2. The van der Waals surface area contributed by atoms with Crippen LogP contribution in [-0.2, 0) is 4.74 Å². The summed E-state index contributed by atoms with van der Waals surface area (Å²) in [4.78, 5) is 13.3. The first-order chi connectivity index (χ1) is 25.8. The molecule has 43 heteroatoms. The van der Waals surface area contributed by atoms with E-state index in [2.05, 4.69) is 0 Å². The molecule has 0 unspecified atom stereocenters. The number of nitrogen functional groups attached to an aromatic ring is 2. The lowest BCUT2D eigenvalue weighted by atomic mass is 8.30. The Morgan fingerprint density at radius 1 is 0.429 bits per heavy atom. The SMILES string of the molecule is [B]B([B])B(B([B])[B])B(B(B([B])[B])B([B])[B])B(B(B([B])[B])B([B])[B])B(B(B(B([B])[B])B([B])[B])B(B([B])[B])B([B])[B])C1CCC(OC(=O)c2cc(N)cc(N)c2)CC1. The molecular weight excluding hydrogens is 638 g/mol. The molecule has 40 radical (unpaired) electrons. The van der Waals surface area contributed by atoms with Crippen LogP contribution in [0.3, 0.4) is 0 Å². The van der Waals surface area contributed by atoms with Crippen LogP contribution in [0.4, 0.5) is 11.4 Å². The molecule has 1 saturated carbocycles. The van der Waals surface area contributed by atoms with Gasteiger partial charge in [-0.25, -0.2) is 4.79 Å². The molecule has 56 heavy (non-hydrogen) atoms. The minimum absolute atomic E-state index is 0.195. The second-order valence-electron chi connectivity index (χ2n) is 15.8. The van der Waals surface area contributed by atoms with Gasteiger partial charge in [-0.1, -0.05) is 18.7 Å². The molecule has 1 aromatic carbocycles. The van der Waals surface area contributed by atoms with Gasteiger partial charge in [-0.05, 0) is 31.0 Å². The van der Waals surface area contributed by atoms with Crippen LogP contribution >= 0.6 is 0 Å². The number of esters is 1. The minimum Gasteiger partial charge on any atom is -0.459 e. The van der Waals surface area contributed by atoms with Gasteiger partial charge in [0.2, 0.25) is 0 Å². The Morgan fingerprint density at radius 3 is 0.982 bits per heavy atom. The van der Waals surface area contributed by atoms with Gasteiger partial charge in [-0.2, -0.15) is 0 Å². The van der Waals surface area contributed by atoms with Crippen LogP contribution in [0.15, 0.2) is 18.2 Å². The maximum absolute atomic E-state index is 13.3. The number of hydrogen-bond acceptors (Lipinski definition) is 4. The third-order valence-corrected chi connectivity index (χ3v) is 11.8. The van der Waals surface area contributed by atoms with Gasteiger partial charge in [0.1, 0.15) is 6.10 Å². The van der Waals surface area contributed by atoms with Crippen LogP contribution in [-0.4, -0.2) is 288 Å². The van der Waals surface area contributed by atoms with E-state index < -0.39 is 139 Å². The molecule has 0 aliphatic heterocycles. The van der Waals surface area contributed by atoms with Crippen molar-refractivity contribution in [1.82, 2.24) is 0 Å². The van der Waals surface area contributed by atoms with Crippen LogP contribution < -0.4 is 11.5 Å². The molecule has 1 aliphatic rings. The van der Waals surface area contributed by atoms with E-state index in [1.807, 2.05) is 0 Å². The Balaban J connectivity index is 3.08. The molecule has 1 fully saturated rings. The summed E-state index contributed by atoms with van der Waals surface area (Å²) in [6, 6.07) is 4.47. The fourth-order valence-corrected chi connectivity index (χ4v) is 9.65. The summed E-state index contributed by atoms with van der Waals surface area (Å²) in [7, 11) is 130. The Labute approximate surface area is 373 Å². The first-order valence-electron chi connectivity index (χ1n) is 18.8. The summed E-state index contributed by atoms with van der Waals surface area (Å²) >= 11 is 0. The Bertz CT molecular complexity index is 1230. The van der Waals surface area contributed by atoms with E-state index in [0.29, 0.717) is 37.1 Å². The van der Waals surface area contributed by atoms with Crippen molar-refractivity contribution in [2.45, 2.75) is 37.6 Å². The molecule has 4 nitrogen and oxygen atoms in total. The predicted molar refractivity (Wildman–Crippen MR) is 291 cm³/mol. The Hall–Kier alpha value is 0.822. The maximum atomic E-state index is 13.3. The van der Waals surface area contributed by atoms with Crippen molar-refractivity contribution < 1.29 is 9.53 Å². The molecule has 0 bridgehead atoms. The molecule has 1 aromatic rings. The summed E-state index contributed by atoms with van der Waals surface area (Å²) in [5, 5.41) is 0. The van der Waals surface area contributed by atoms with Crippen molar-refractivity contribution in [1.29, 1.82) is 0 Å². The summed E-state index contributed by atoms with van der Waals surface area (Å²) in [5.74, 6) is -1.03. The van der Waals surface area contributed by atoms with Crippen molar-refractivity contribution in [2.75, 3.05) is 11.5 Å². The van der Waals surface area contributed by atoms with Crippen molar-refractivity contribution in [2.24, 2.45) is 0 Å². The van der Waals surface area contributed by atoms with E-state index in [-0.39, 0.29) is 5.56 Å². The highest BCUT2D eigenvalue weighted by Gasteiger charge is 2.58. The molecule has 2 rings (SSSR count). The van der Waals surface area contributed by atoms with Crippen LogP contribution in [0.5, 0.6) is 0 Å². The van der Waals surface area contributed by atoms with Gasteiger partial charge in [-0.15, -0.1) is 0 Å². The molecule has 1 aliphatic carbocycles. The lowest BCUT2D eigenvalue weighted by Crippen LogP contribution is -2.90. The second kappa shape index (κ2) is 23.9. The minimum atomic E-state index is -1.24. The van der Waals surface area contributed by atoms with E-state index in [1.54, 1.807) is 0 Å². The van der Waals surface area contributed by atoms with Crippen LogP contribution in [0.1, 0.15) is 36.0 Å². The molecule has 0 atom stereocenters. The number of carbonyl (C=O) groups is 1. The predicted octanol–water partition coefficient (Wildman–Crippen LogP) is -12.6. The number of rotatable bonds is 21. The molecule has 208 valence electrons. The van der Waals surface area contributed by atoms with Gasteiger partial charge < -0.3 is 16.2 Å². The lowest BCUT2D eigenvalue weighted by molar-refractivity contribution is 0.0211. The second-order valence-corrected chi connectivity index (χ2v) is 15.8. The van der Waals surface area contributed by atoms with Crippen molar-refractivity contribution in [3.05, 3.63) is 23.8 Å². The lowest BCUT2D eigenvalue weighted by Gasteiger charge is -2.55. The Morgan fingerprint density at radius 2 is 0.696 bits per heavy atom. The van der Waals surface area contributed by atoms with Crippen molar-refractivity contribution in [3.63, 3.8) is 0 Å². The van der Waals surface area contributed by atoms with Gasteiger partial charge in [0.15, 0.2) is 0 Å². The van der Waals surface area contributed by atoms with Gasteiger partial charge in [0.05, 0.1) is 5.56 Å². The fraction of sp³-hybridized carbons (Fsp3) is 0.462. The number of nitrogens with two attached hydrogens (primary N) is 2. The van der Waals surface area contributed by atoms with Gasteiger partial charge in [0.25, 0.3) is 0 Å². The zero-order valence-electron chi connectivity index (χ0n) is 32.2. The normalized spacial score (nSPS) is 14.4. The molecular formula is C13H17B39N2O2. The van der Waals surface area contributed by atoms with Crippen molar-refractivity contribution in [3.8, 4) is 0 Å². The monoisotopic (exact) mass is 662 g/mol. The largest absolute Gasteiger partial charge is 0.459 e. The number of ether oxygens (including phenoxy) is 1. The smallest absolute Gasteiger partial charge is 0.338 e. The van der Waals surface area contributed by atoms with Crippen LogP contribution in [0.25, 0.3) is 0 Å². The van der Waals surface area contributed by atoms with Gasteiger partial charge in [-0.3, -0.25) is 0 Å². The van der Waals surface area contributed by atoms with Crippen molar-refractivity contribution >= 4 is 294 Å². The average Bonchev–Trinajstić information content (AvgIpc) is 3.02. The standard InChI is InChI=1S/C13H17B39N2O2/c14-35(15)47(36(16)17)45(48(37(18)19)38(20)21)34(9-1-3-12(4-2-9)56-13(55)8-5-10(53)7-11(54)6-8)46(49(39(22)23)40(24)25)52(50(41(26)27)42(28)29)51(43(30)31)44(32)33/h5-7,9,12H,1-4,53-54H2. The summed E-state index contributed by atoms with van der Waals surface area (Å²) in [6.45, 7) is -0.831. The number of anilines is 2. The van der Waals surface area contributed by atoms with E-state index in [9.17, 15) is 4.79 Å². The van der Waals surface area contributed by atoms with E-state index in [0.717, 1.165) is 0 Å². The Kier molecular flexibility index (Phi) is 22.6. The molecule has 0 heterocycles. The first kappa shape index (κ1) is 53.0. The van der Waals surface area contributed by atoms with E-state index in [1.165, 1.54) is 18.2 Å². The number of benzene rings is 1. The van der Waals surface area contributed by atoms with E-state index >= 15 is 0 Å². The topological polar surface area (TPSA) is 78.3 Å². The number of hydrogen-bond donors (Lipinski definition) is 2. The van der Waals surface area contributed by atoms with Gasteiger partial charge in [0, 0.05) is 288 Å².